The predicted octanol–water partition coefficient (Wildman–Crippen LogP) is 3.77. The Hall–Kier alpha value is -2.12. The van der Waals surface area contributed by atoms with Crippen LogP contribution in [0.25, 0.3) is 0 Å². The summed E-state index contributed by atoms with van der Waals surface area (Å²) in [6.45, 7) is 8.25. The van der Waals surface area contributed by atoms with Crippen LogP contribution in [0.1, 0.15) is 41.8 Å². The summed E-state index contributed by atoms with van der Waals surface area (Å²) in [6, 6.07) is 6.16. The fourth-order valence-electron chi connectivity index (χ4n) is 2.68. The highest BCUT2D eigenvalue weighted by Gasteiger charge is 2.12. The van der Waals surface area contributed by atoms with Crippen molar-refractivity contribution in [1.29, 1.82) is 0 Å². The first-order valence-electron chi connectivity index (χ1n) is 9.08. The summed E-state index contributed by atoms with van der Waals surface area (Å²) in [6.07, 6.45) is 0.0225. The van der Waals surface area contributed by atoms with Crippen LogP contribution in [-0.4, -0.2) is 43.7 Å². The number of thiazole rings is 1. The number of benzene rings is 1. The normalized spacial score (nSPS) is 12.7. The number of methoxy groups -OCH3 is 2. The summed E-state index contributed by atoms with van der Waals surface area (Å²) in [5.74, 6) is 1.76. The molecule has 27 heavy (non-hydrogen) atoms. The summed E-state index contributed by atoms with van der Waals surface area (Å²) in [7, 11) is 5.42. The van der Waals surface area contributed by atoms with Gasteiger partial charge >= 0.3 is 0 Å². The highest BCUT2D eigenvalue weighted by molar-refractivity contribution is 7.09. The van der Waals surface area contributed by atoms with Crippen molar-refractivity contribution in [3.63, 3.8) is 0 Å². The van der Waals surface area contributed by atoms with Gasteiger partial charge in [-0.25, -0.2) is 9.98 Å². The largest absolute Gasteiger partial charge is 0.496 e. The molecular weight excluding hydrogens is 360 g/mol. The SMILES string of the molecule is CCNC(=NCc1ccc(OC)c(C)c1)N(C)Cc1csc(C(C)OC)n1. The summed E-state index contributed by atoms with van der Waals surface area (Å²) >= 11 is 1.63. The maximum absolute atomic E-state index is 5.34. The molecule has 1 aromatic carbocycles. The van der Waals surface area contributed by atoms with Crippen LogP contribution in [0.4, 0.5) is 0 Å². The van der Waals surface area contributed by atoms with E-state index in [0.29, 0.717) is 13.1 Å². The van der Waals surface area contributed by atoms with Gasteiger partial charge in [-0.1, -0.05) is 12.1 Å². The van der Waals surface area contributed by atoms with E-state index in [9.17, 15) is 0 Å². The lowest BCUT2D eigenvalue weighted by Gasteiger charge is -2.21. The minimum atomic E-state index is 0.0225. The van der Waals surface area contributed by atoms with Crippen molar-refractivity contribution in [2.75, 3.05) is 27.8 Å². The lowest BCUT2D eigenvalue weighted by Crippen LogP contribution is -2.38. The first-order valence-corrected chi connectivity index (χ1v) is 9.96. The van der Waals surface area contributed by atoms with Crippen LogP contribution in [0.2, 0.25) is 0 Å². The quantitative estimate of drug-likeness (QED) is 0.549. The number of nitrogens with zero attached hydrogens (tertiary/aromatic N) is 3. The summed E-state index contributed by atoms with van der Waals surface area (Å²) in [5.41, 5.74) is 3.29. The summed E-state index contributed by atoms with van der Waals surface area (Å²) in [4.78, 5) is 11.5. The van der Waals surface area contributed by atoms with E-state index >= 15 is 0 Å². The molecule has 0 bridgehead atoms. The van der Waals surface area contributed by atoms with E-state index in [1.165, 1.54) is 0 Å². The maximum Gasteiger partial charge on any atom is 0.194 e. The van der Waals surface area contributed by atoms with Crippen LogP contribution in [-0.2, 0) is 17.8 Å². The van der Waals surface area contributed by atoms with Crippen molar-refractivity contribution in [3.8, 4) is 5.75 Å². The molecule has 0 spiro atoms. The first kappa shape index (κ1) is 21.2. The van der Waals surface area contributed by atoms with E-state index in [1.54, 1.807) is 25.6 Å². The third-order valence-electron chi connectivity index (χ3n) is 4.24. The highest BCUT2D eigenvalue weighted by atomic mass is 32.1. The Bertz CT molecular complexity index is 760. The molecule has 0 radical (unpaired) electrons. The van der Waals surface area contributed by atoms with Crippen LogP contribution in [0.15, 0.2) is 28.6 Å². The summed E-state index contributed by atoms with van der Waals surface area (Å²) in [5, 5.41) is 6.43. The Morgan fingerprint density at radius 1 is 1.37 bits per heavy atom. The van der Waals surface area contributed by atoms with Crippen molar-refractivity contribution in [1.82, 2.24) is 15.2 Å². The molecule has 148 valence electrons. The van der Waals surface area contributed by atoms with E-state index in [2.05, 4.69) is 39.6 Å². The summed E-state index contributed by atoms with van der Waals surface area (Å²) < 4.78 is 10.7. The number of aromatic nitrogens is 1. The fourth-order valence-corrected chi connectivity index (χ4v) is 3.52. The van der Waals surface area contributed by atoms with Crippen LogP contribution in [0.5, 0.6) is 5.75 Å². The second-order valence-corrected chi connectivity index (χ2v) is 7.27. The lowest BCUT2D eigenvalue weighted by molar-refractivity contribution is 0.119. The molecule has 0 saturated heterocycles. The van der Waals surface area contributed by atoms with E-state index in [0.717, 1.165) is 40.1 Å². The fraction of sp³-hybridized carbons (Fsp3) is 0.500. The number of nitrogens with one attached hydrogen (secondary N) is 1. The van der Waals surface area contributed by atoms with E-state index < -0.39 is 0 Å². The molecule has 7 heteroatoms. The Morgan fingerprint density at radius 3 is 2.78 bits per heavy atom. The zero-order valence-corrected chi connectivity index (χ0v) is 17.9. The van der Waals surface area contributed by atoms with Crippen molar-refractivity contribution >= 4 is 17.3 Å². The van der Waals surface area contributed by atoms with Gasteiger partial charge in [-0.05, 0) is 38.0 Å². The van der Waals surface area contributed by atoms with Crippen molar-refractivity contribution < 1.29 is 9.47 Å². The monoisotopic (exact) mass is 390 g/mol. The van der Waals surface area contributed by atoms with Gasteiger partial charge < -0.3 is 19.7 Å². The van der Waals surface area contributed by atoms with Gasteiger partial charge in [-0.2, -0.15) is 0 Å². The molecule has 1 unspecified atom stereocenters. The van der Waals surface area contributed by atoms with Gasteiger partial charge in [-0.3, -0.25) is 0 Å². The molecule has 0 aliphatic rings. The highest BCUT2D eigenvalue weighted by Crippen LogP contribution is 2.21. The number of hydrogen-bond acceptors (Lipinski definition) is 5. The molecule has 1 atom stereocenters. The molecule has 1 N–H and O–H groups in total. The topological polar surface area (TPSA) is 59.0 Å². The maximum atomic E-state index is 5.34. The molecule has 0 aliphatic heterocycles. The van der Waals surface area contributed by atoms with E-state index in [1.807, 2.05) is 27.0 Å². The zero-order valence-electron chi connectivity index (χ0n) is 17.1. The standard InChI is InChI=1S/C20H30N4O2S/c1-7-21-20(22-11-16-8-9-18(26-6)14(2)10-16)24(4)12-17-13-27-19(23-17)15(3)25-5/h8-10,13,15H,7,11-12H2,1-6H3,(H,21,22). The number of rotatable bonds is 8. The molecule has 0 saturated carbocycles. The molecule has 1 aromatic heterocycles. The van der Waals surface area contributed by atoms with E-state index in [-0.39, 0.29) is 6.10 Å². The molecule has 1 heterocycles. The Balaban J connectivity index is 2.07. The second kappa shape index (κ2) is 10.3. The molecule has 0 aliphatic carbocycles. The van der Waals surface area contributed by atoms with Crippen LogP contribution < -0.4 is 10.1 Å². The molecule has 2 aromatic rings. The van der Waals surface area contributed by atoms with Gasteiger partial charge in [0.25, 0.3) is 0 Å². The van der Waals surface area contributed by atoms with Gasteiger partial charge in [0.2, 0.25) is 0 Å². The zero-order chi connectivity index (χ0) is 19.8. The number of aliphatic imine (C=N–C) groups is 1. The van der Waals surface area contributed by atoms with E-state index in [4.69, 9.17) is 14.5 Å². The van der Waals surface area contributed by atoms with Crippen molar-refractivity contribution in [2.45, 2.75) is 40.0 Å². The Morgan fingerprint density at radius 2 is 2.15 bits per heavy atom. The number of aryl methyl sites for hydroxylation is 1. The number of ether oxygens (including phenoxy) is 2. The van der Waals surface area contributed by atoms with Crippen LogP contribution >= 0.6 is 11.3 Å². The third kappa shape index (κ3) is 5.94. The Labute approximate surface area is 166 Å². The van der Waals surface area contributed by atoms with Gasteiger partial charge in [0.1, 0.15) is 16.9 Å². The smallest absolute Gasteiger partial charge is 0.194 e. The lowest BCUT2D eigenvalue weighted by atomic mass is 10.1. The number of guanidine groups is 1. The average Bonchev–Trinajstić information content (AvgIpc) is 3.13. The van der Waals surface area contributed by atoms with Gasteiger partial charge in [0.05, 0.1) is 25.9 Å². The average molecular weight is 391 g/mol. The molecule has 0 fully saturated rings. The minimum absolute atomic E-state index is 0.0225. The van der Waals surface area contributed by atoms with Crippen LogP contribution in [0, 0.1) is 6.92 Å². The molecule has 2 rings (SSSR count). The third-order valence-corrected chi connectivity index (χ3v) is 5.29. The van der Waals surface area contributed by atoms with Gasteiger partial charge in [0, 0.05) is 26.1 Å². The minimum Gasteiger partial charge on any atom is -0.496 e. The second-order valence-electron chi connectivity index (χ2n) is 6.39. The first-order chi connectivity index (χ1) is 13.0. The van der Waals surface area contributed by atoms with Crippen LogP contribution in [0.3, 0.4) is 0 Å². The molecule has 6 nitrogen and oxygen atoms in total. The van der Waals surface area contributed by atoms with Crippen molar-refractivity contribution in [3.05, 3.63) is 45.4 Å². The molecule has 0 amide bonds. The van der Waals surface area contributed by atoms with Gasteiger partial charge in [-0.15, -0.1) is 11.3 Å². The van der Waals surface area contributed by atoms with Gasteiger partial charge in [0.15, 0.2) is 5.96 Å². The predicted molar refractivity (Wildman–Crippen MR) is 112 cm³/mol. The Kier molecular flexibility index (Phi) is 8.06. The number of hydrogen-bond donors (Lipinski definition) is 1. The van der Waals surface area contributed by atoms with Crippen molar-refractivity contribution in [2.24, 2.45) is 4.99 Å². The molecular formula is C20H30N4O2S.